The number of hydrogen-bond donors (Lipinski definition) is 2. The van der Waals surface area contributed by atoms with Gasteiger partial charge < -0.3 is 14.7 Å². The number of aliphatic hydroxyl groups excluding tert-OH is 1. The van der Waals surface area contributed by atoms with Crippen LogP contribution in [0.3, 0.4) is 0 Å². The smallest absolute Gasteiger partial charge is 0.411 e. The lowest BCUT2D eigenvalue weighted by Gasteiger charge is -2.12. The molecule has 2 N–H and O–H groups in total. The van der Waals surface area contributed by atoms with Crippen LogP contribution < -0.4 is 10.2 Å². The molecule has 1 rings (SSSR count). The molecule has 0 heterocycles. The molecule has 1 aromatic carbocycles. The Morgan fingerprint density at radius 3 is 2.50 bits per heavy atom. The number of carbonyl (C=O) groups is 1. The molecule has 0 radical (unpaired) electrons. The summed E-state index contributed by atoms with van der Waals surface area (Å²) in [6, 6.07) is 7.36. The maximum Gasteiger partial charge on any atom is 0.411 e. The fraction of sp³-hybridized carbons (Fsp3) is 0.364. The molecule has 0 aliphatic carbocycles. The highest BCUT2D eigenvalue weighted by Crippen LogP contribution is 2.15. The fourth-order valence-corrected chi connectivity index (χ4v) is 1.14. The van der Waals surface area contributed by atoms with Crippen molar-refractivity contribution in [2.45, 2.75) is 0 Å². The standard InChI is InChI=1S/C11H16N2O3/c1-13(2)10-5-3-9(4-6-10)12-11(15)16-8-7-14/h3-6,14H,7-8H2,1-2H3,(H,12,15). The molecule has 0 saturated heterocycles. The molecule has 16 heavy (non-hydrogen) atoms. The van der Waals surface area contributed by atoms with Gasteiger partial charge in [-0.1, -0.05) is 0 Å². The summed E-state index contributed by atoms with van der Waals surface area (Å²) in [4.78, 5) is 13.1. The first-order valence-corrected chi connectivity index (χ1v) is 4.95. The van der Waals surface area contributed by atoms with Gasteiger partial charge in [0.25, 0.3) is 0 Å². The van der Waals surface area contributed by atoms with Gasteiger partial charge in [0.1, 0.15) is 6.61 Å². The number of aliphatic hydroxyl groups is 1. The maximum atomic E-state index is 11.1. The second-order valence-corrected chi connectivity index (χ2v) is 3.43. The summed E-state index contributed by atoms with van der Waals surface area (Å²) in [5.74, 6) is 0. The third-order valence-corrected chi connectivity index (χ3v) is 1.95. The molecule has 0 saturated carbocycles. The number of rotatable bonds is 4. The third kappa shape index (κ3) is 3.78. The van der Waals surface area contributed by atoms with Gasteiger partial charge in [-0.2, -0.15) is 0 Å². The van der Waals surface area contributed by atoms with Gasteiger partial charge in [-0.05, 0) is 24.3 Å². The number of carbonyl (C=O) groups excluding carboxylic acids is 1. The predicted molar refractivity (Wildman–Crippen MR) is 62.8 cm³/mol. The van der Waals surface area contributed by atoms with E-state index in [0.717, 1.165) is 5.69 Å². The Balaban J connectivity index is 2.51. The van der Waals surface area contributed by atoms with E-state index in [1.54, 1.807) is 12.1 Å². The molecule has 1 aromatic rings. The van der Waals surface area contributed by atoms with Crippen molar-refractivity contribution < 1.29 is 14.6 Å². The van der Waals surface area contributed by atoms with Crippen LogP contribution in [0.4, 0.5) is 16.2 Å². The number of anilines is 2. The zero-order valence-corrected chi connectivity index (χ0v) is 9.43. The molecule has 0 unspecified atom stereocenters. The van der Waals surface area contributed by atoms with Gasteiger partial charge in [-0.25, -0.2) is 4.79 Å². The second-order valence-electron chi connectivity index (χ2n) is 3.43. The van der Waals surface area contributed by atoms with Crippen LogP contribution in [0, 0.1) is 0 Å². The third-order valence-electron chi connectivity index (χ3n) is 1.95. The van der Waals surface area contributed by atoms with E-state index in [0.29, 0.717) is 5.69 Å². The van der Waals surface area contributed by atoms with Crippen LogP contribution in [-0.4, -0.2) is 38.5 Å². The molecule has 88 valence electrons. The Morgan fingerprint density at radius 2 is 2.00 bits per heavy atom. The normalized spacial score (nSPS) is 9.69. The van der Waals surface area contributed by atoms with Gasteiger partial charge in [-0.15, -0.1) is 0 Å². The highest BCUT2D eigenvalue weighted by molar-refractivity contribution is 5.84. The van der Waals surface area contributed by atoms with E-state index in [1.165, 1.54) is 0 Å². The second kappa shape index (κ2) is 5.97. The average molecular weight is 224 g/mol. The number of nitrogens with zero attached hydrogens (tertiary/aromatic N) is 1. The van der Waals surface area contributed by atoms with E-state index in [-0.39, 0.29) is 13.2 Å². The van der Waals surface area contributed by atoms with Crippen molar-refractivity contribution in [2.24, 2.45) is 0 Å². The molecule has 0 spiro atoms. The average Bonchev–Trinajstić information content (AvgIpc) is 2.27. The number of ether oxygens (including phenoxy) is 1. The molecule has 0 atom stereocenters. The molecule has 0 fully saturated rings. The minimum absolute atomic E-state index is 0.00160. The van der Waals surface area contributed by atoms with Crippen LogP contribution in [0.25, 0.3) is 0 Å². The minimum Gasteiger partial charge on any atom is -0.447 e. The summed E-state index contributed by atoms with van der Waals surface area (Å²) in [5, 5.41) is 11.0. The Morgan fingerprint density at radius 1 is 1.38 bits per heavy atom. The van der Waals surface area contributed by atoms with Gasteiger partial charge >= 0.3 is 6.09 Å². The maximum absolute atomic E-state index is 11.1. The number of hydrogen-bond acceptors (Lipinski definition) is 4. The van der Waals surface area contributed by atoms with Gasteiger partial charge in [0.15, 0.2) is 0 Å². The topological polar surface area (TPSA) is 61.8 Å². The lowest BCUT2D eigenvalue weighted by atomic mass is 10.2. The molecule has 1 amide bonds. The van der Waals surface area contributed by atoms with E-state index < -0.39 is 6.09 Å². The lowest BCUT2D eigenvalue weighted by Crippen LogP contribution is -2.16. The Hall–Kier alpha value is -1.75. The van der Waals surface area contributed by atoms with Crippen LogP contribution in [0.1, 0.15) is 0 Å². The molecule has 0 aromatic heterocycles. The first-order chi connectivity index (χ1) is 7.63. The Kier molecular flexibility index (Phi) is 4.60. The molecule has 0 bridgehead atoms. The van der Waals surface area contributed by atoms with Crippen LogP contribution in [0.2, 0.25) is 0 Å². The summed E-state index contributed by atoms with van der Waals surface area (Å²) in [5.41, 5.74) is 1.71. The van der Waals surface area contributed by atoms with Crippen molar-refractivity contribution in [1.82, 2.24) is 0 Å². The number of benzene rings is 1. The molecule has 5 nitrogen and oxygen atoms in total. The van der Waals surface area contributed by atoms with Crippen LogP contribution in [0.15, 0.2) is 24.3 Å². The van der Waals surface area contributed by atoms with Crippen molar-refractivity contribution in [3.63, 3.8) is 0 Å². The fourth-order valence-electron chi connectivity index (χ4n) is 1.14. The van der Waals surface area contributed by atoms with Crippen LogP contribution in [-0.2, 0) is 4.74 Å². The van der Waals surface area contributed by atoms with Crippen molar-refractivity contribution in [1.29, 1.82) is 0 Å². The summed E-state index contributed by atoms with van der Waals surface area (Å²) in [6.45, 7) is -0.172. The molecule has 5 heteroatoms. The molecule has 0 aliphatic rings. The summed E-state index contributed by atoms with van der Waals surface area (Å²) in [6.07, 6.45) is -0.563. The summed E-state index contributed by atoms with van der Waals surface area (Å²) in [7, 11) is 3.88. The van der Waals surface area contributed by atoms with Crippen LogP contribution >= 0.6 is 0 Å². The van der Waals surface area contributed by atoms with E-state index in [4.69, 9.17) is 5.11 Å². The van der Waals surface area contributed by atoms with Crippen LogP contribution in [0.5, 0.6) is 0 Å². The van der Waals surface area contributed by atoms with Crippen molar-refractivity contribution in [3.05, 3.63) is 24.3 Å². The number of amides is 1. The highest BCUT2D eigenvalue weighted by Gasteiger charge is 2.02. The minimum atomic E-state index is -0.563. The zero-order valence-electron chi connectivity index (χ0n) is 9.43. The van der Waals surface area contributed by atoms with Gasteiger partial charge in [0.2, 0.25) is 0 Å². The first-order valence-electron chi connectivity index (χ1n) is 4.95. The van der Waals surface area contributed by atoms with Gasteiger partial charge in [0.05, 0.1) is 6.61 Å². The van der Waals surface area contributed by atoms with Crippen molar-refractivity contribution in [2.75, 3.05) is 37.5 Å². The molecule has 0 aliphatic heterocycles. The largest absolute Gasteiger partial charge is 0.447 e. The first kappa shape index (κ1) is 12.3. The van der Waals surface area contributed by atoms with Gasteiger partial charge in [0, 0.05) is 25.5 Å². The molecular formula is C11H16N2O3. The zero-order chi connectivity index (χ0) is 12.0. The highest BCUT2D eigenvalue weighted by atomic mass is 16.6. The SMILES string of the molecule is CN(C)c1ccc(NC(=O)OCCO)cc1. The van der Waals surface area contributed by atoms with E-state index in [2.05, 4.69) is 10.1 Å². The van der Waals surface area contributed by atoms with Crippen molar-refractivity contribution >= 4 is 17.5 Å². The lowest BCUT2D eigenvalue weighted by molar-refractivity contribution is 0.131. The van der Waals surface area contributed by atoms with Crippen molar-refractivity contribution in [3.8, 4) is 0 Å². The van der Waals surface area contributed by atoms with E-state index in [1.807, 2.05) is 31.1 Å². The summed E-state index contributed by atoms with van der Waals surface area (Å²) < 4.78 is 4.66. The van der Waals surface area contributed by atoms with E-state index >= 15 is 0 Å². The quantitative estimate of drug-likeness (QED) is 0.809. The monoisotopic (exact) mass is 224 g/mol. The van der Waals surface area contributed by atoms with E-state index in [9.17, 15) is 4.79 Å². The predicted octanol–water partition coefficient (Wildman–Crippen LogP) is 1.29. The van der Waals surface area contributed by atoms with Gasteiger partial charge in [-0.3, -0.25) is 5.32 Å². The molecular weight excluding hydrogens is 208 g/mol. The number of nitrogens with one attached hydrogen (secondary N) is 1. The summed E-state index contributed by atoms with van der Waals surface area (Å²) >= 11 is 0. The Labute approximate surface area is 94.6 Å². The Bertz CT molecular complexity index is 336.